The first kappa shape index (κ1) is 17.6. The monoisotopic (exact) mass is 342 g/mol. The van der Waals surface area contributed by atoms with Crippen LogP contribution in [0.3, 0.4) is 0 Å². The Morgan fingerprint density at radius 1 is 1.20 bits per heavy atom. The number of likely N-dealkylation sites (N-methyl/N-ethyl adjacent to an activating group) is 1. The van der Waals surface area contributed by atoms with Crippen LogP contribution in [-0.4, -0.2) is 48.1 Å². The van der Waals surface area contributed by atoms with Crippen molar-refractivity contribution in [2.75, 3.05) is 20.1 Å². The summed E-state index contributed by atoms with van der Waals surface area (Å²) in [5, 5.41) is 14.4. The number of hydrogen-bond donors (Lipinski definition) is 1. The minimum Gasteiger partial charge on any atom is -0.391 e. The molecular weight excluding hydrogens is 319 g/mol. The summed E-state index contributed by atoms with van der Waals surface area (Å²) >= 11 is 0. The first-order valence-corrected chi connectivity index (χ1v) is 8.49. The van der Waals surface area contributed by atoms with Gasteiger partial charge in [0.2, 0.25) is 0 Å². The minimum absolute atomic E-state index is 0.0472. The van der Waals surface area contributed by atoms with E-state index in [-0.39, 0.29) is 11.9 Å². The second kappa shape index (κ2) is 8.23. The first-order chi connectivity index (χ1) is 12.1. The van der Waals surface area contributed by atoms with Crippen molar-refractivity contribution in [1.82, 2.24) is 4.90 Å². The molecule has 2 aromatic rings. The Morgan fingerprint density at radius 2 is 1.92 bits per heavy atom. The Kier molecular flexibility index (Phi) is 5.79. The molecule has 2 aromatic carbocycles. The molecule has 0 aliphatic carbocycles. The summed E-state index contributed by atoms with van der Waals surface area (Å²) in [5.74, 6) is -0.257. The second-order valence-corrected chi connectivity index (χ2v) is 6.54. The molecule has 2 unspecified atom stereocenters. The van der Waals surface area contributed by atoms with E-state index in [1.165, 1.54) is 12.1 Å². The fourth-order valence-electron chi connectivity index (χ4n) is 3.07. The fourth-order valence-corrected chi connectivity index (χ4v) is 3.07. The quantitative estimate of drug-likeness (QED) is 0.842. The average Bonchev–Trinajstić information content (AvgIpc) is 3.04. The Labute approximate surface area is 147 Å². The molecule has 0 saturated carbocycles. The van der Waals surface area contributed by atoms with Gasteiger partial charge >= 0.3 is 0 Å². The number of oxime groups is 1. The van der Waals surface area contributed by atoms with Crippen molar-refractivity contribution in [3.8, 4) is 0 Å². The summed E-state index contributed by atoms with van der Waals surface area (Å²) in [6.45, 7) is 1.25. The molecule has 0 aromatic heterocycles. The third kappa shape index (κ3) is 5.11. The van der Waals surface area contributed by atoms with Crippen LogP contribution in [0, 0.1) is 5.82 Å². The third-order valence-corrected chi connectivity index (χ3v) is 4.26. The highest BCUT2D eigenvalue weighted by Gasteiger charge is 2.24. The van der Waals surface area contributed by atoms with Gasteiger partial charge in [0.15, 0.2) is 0 Å². The van der Waals surface area contributed by atoms with Crippen LogP contribution in [0.25, 0.3) is 0 Å². The van der Waals surface area contributed by atoms with Gasteiger partial charge in [-0.2, -0.15) is 0 Å². The summed E-state index contributed by atoms with van der Waals surface area (Å²) in [4.78, 5) is 7.55. The maximum Gasteiger partial charge on any atom is 0.145 e. The lowest BCUT2D eigenvalue weighted by atomic mass is 10.0. The fraction of sp³-hybridized carbons (Fsp3) is 0.350. The molecule has 1 aliphatic heterocycles. The molecule has 0 spiro atoms. The molecule has 4 nitrogen and oxygen atoms in total. The van der Waals surface area contributed by atoms with Crippen LogP contribution in [0.15, 0.2) is 59.8 Å². The van der Waals surface area contributed by atoms with E-state index < -0.39 is 6.10 Å². The van der Waals surface area contributed by atoms with E-state index in [4.69, 9.17) is 4.84 Å². The SMILES string of the molecule is CN(CC(O)Cc1ccccc1)CC1CC(c2ccc(F)cc2)=NO1. The molecule has 1 N–H and O–H groups in total. The maximum absolute atomic E-state index is 13.0. The van der Waals surface area contributed by atoms with Crippen molar-refractivity contribution in [3.63, 3.8) is 0 Å². The van der Waals surface area contributed by atoms with E-state index in [1.807, 2.05) is 37.4 Å². The first-order valence-electron chi connectivity index (χ1n) is 8.49. The van der Waals surface area contributed by atoms with Crippen molar-refractivity contribution in [3.05, 3.63) is 71.5 Å². The van der Waals surface area contributed by atoms with Gasteiger partial charge in [-0.3, -0.25) is 4.90 Å². The van der Waals surface area contributed by atoms with E-state index in [1.54, 1.807) is 12.1 Å². The van der Waals surface area contributed by atoms with Crippen molar-refractivity contribution in [2.24, 2.45) is 5.16 Å². The zero-order valence-electron chi connectivity index (χ0n) is 14.3. The summed E-state index contributed by atoms with van der Waals surface area (Å²) in [6, 6.07) is 16.3. The highest BCUT2D eigenvalue weighted by atomic mass is 19.1. The van der Waals surface area contributed by atoms with Crippen LogP contribution in [0.2, 0.25) is 0 Å². The topological polar surface area (TPSA) is 45.1 Å². The summed E-state index contributed by atoms with van der Waals surface area (Å²) in [6.07, 6.45) is 0.846. The van der Waals surface area contributed by atoms with Gasteiger partial charge in [-0.25, -0.2) is 4.39 Å². The molecule has 0 radical (unpaired) electrons. The lowest BCUT2D eigenvalue weighted by Crippen LogP contribution is -2.36. The number of hydrogen-bond acceptors (Lipinski definition) is 4. The van der Waals surface area contributed by atoms with Crippen LogP contribution in [0.4, 0.5) is 4.39 Å². The largest absolute Gasteiger partial charge is 0.391 e. The maximum atomic E-state index is 13.0. The molecule has 0 fully saturated rings. The molecule has 2 atom stereocenters. The van der Waals surface area contributed by atoms with Crippen LogP contribution in [0.5, 0.6) is 0 Å². The van der Waals surface area contributed by atoms with E-state index in [9.17, 15) is 9.50 Å². The summed E-state index contributed by atoms with van der Waals surface area (Å²) < 4.78 is 13.0. The van der Waals surface area contributed by atoms with Crippen molar-refractivity contribution < 1.29 is 14.3 Å². The molecule has 25 heavy (non-hydrogen) atoms. The molecule has 0 amide bonds. The zero-order valence-corrected chi connectivity index (χ0v) is 14.3. The van der Waals surface area contributed by atoms with Gasteiger partial charge in [-0.05, 0) is 36.7 Å². The second-order valence-electron chi connectivity index (χ2n) is 6.54. The molecule has 3 rings (SSSR count). The predicted molar refractivity (Wildman–Crippen MR) is 96.1 cm³/mol. The Morgan fingerprint density at radius 3 is 2.64 bits per heavy atom. The van der Waals surface area contributed by atoms with Gasteiger partial charge < -0.3 is 9.94 Å². The molecule has 5 heteroatoms. The van der Waals surface area contributed by atoms with Crippen LogP contribution >= 0.6 is 0 Å². The lowest BCUT2D eigenvalue weighted by Gasteiger charge is -2.22. The van der Waals surface area contributed by atoms with Crippen LogP contribution < -0.4 is 0 Å². The molecule has 0 saturated heterocycles. The van der Waals surface area contributed by atoms with Crippen molar-refractivity contribution >= 4 is 5.71 Å². The predicted octanol–water partition coefficient (Wildman–Crippen LogP) is 2.85. The Hall–Kier alpha value is -2.24. The standard InChI is InChI=1S/C20H23FN2O2/c1-23(13-18(24)11-15-5-3-2-4-6-15)14-19-12-20(22-25-19)16-7-9-17(21)10-8-16/h2-10,18-19,24H,11-14H2,1H3. The third-order valence-electron chi connectivity index (χ3n) is 4.26. The van der Waals surface area contributed by atoms with E-state index in [2.05, 4.69) is 10.1 Å². The van der Waals surface area contributed by atoms with Gasteiger partial charge in [-0.15, -0.1) is 0 Å². The lowest BCUT2D eigenvalue weighted by molar-refractivity contribution is 0.0443. The number of nitrogens with zero attached hydrogens (tertiary/aromatic N) is 2. The van der Waals surface area contributed by atoms with Gasteiger partial charge in [-0.1, -0.05) is 47.6 Å². The van der Waals surface area contributed by atoms with Gasteiger partial charge in [0.05, 0.1) is 11.8 Å². The Balaban J connectivity index is 1.44. The van der Waals surface area contributed by atoms with Gasteiger partial charge in [0, 0.05) is 19.5 Å². The van der Waals surface area contributed by atoms with Crippen LogP contribution in [-0.2, 0) is 11.3 Å². The highest BCUT2D eigenvalue weighted by molar-refractivity contribution is 6.01. The van der Waals surface area contributed by atoms with Gasteiger partial charge in [0.1, 0.15) is 11.9 Å². The number of rotatable bonds is 7. The smallest absolute Gasteiger partial charge is 0.145 e. The van der Waals surface area contributed by atoms with Crippen molar-refractivity contribution in [2.45, 2.75) is 25.0 Å². The van der Waals surface area contributed by atoms with E-state index in [0.29, 0.717) is 25.9 Å². The number of benzene rings is 2. The van der Waals surface area contributed by atoms with E-state index >= 15 is 0 Å². The normalized spacial score (nSPS) is 18.1. The van der Waals surface area contributed by atoms with Crippen LogP contribution in [0.1, 0.15) is 17.5 Å². The zero-order chi connectivity index (χ0) is 17.6. The summed E-state index contributed by atoms with van der Waals surface area (Å²) in [5.41, 5.74) is 2.85. The highest BCUT2D eigenvalue weighted by Crippen LogP contribution is 2.18. The van der Waals surface area contributed by atoms with Gasteiger partial charge in [0.25, 0.3) is 0 Å². The van der Waals surface area contributed by atoms with Crippen molar-refractivity contribution in [1.29, 1.82) is 0 Å². The minimum atomic E-state index is -0.425. The number of aliphatic hydroxyl groups excluding tert-OH is 1. The number of halogens is 1. The molecular formula is C20H23FN2O2. The number of aliphatic hydroxyl groups is 1. The van der Waals surface area contributed by atoms with E-state index in [0.717, 1.165) is 16.8 Å². The molecule has 132 valence electrons. The molecule has 1 heterocycles. The molecule has 1 aliphatic rings. The summed E-state index contributed by atoms with van der Waals surface area (Å²) in [7, 11) is 1.97. The molecule has 0 bridgehead atoms. The Bertz CT molecular complexity index is 703. The average molecular weight is 342 g/mol.